The monoisotopic (exact) mass is 221 g/mol. The Labute approximate surface area is 92.0 Å². The van der Waals surface area contributed by atoms with Crippen LogP contribution < -0.4 is 0 Å². The second-order valence-corrected chi connectivity index (χ2v) is 3.51. The van der Waals surface area contributed by atoms with Crippen molar-refractivity contribution in [2.24, 2.45) is 4.99 Å². The molecule has 1 aliphatic heterocycles. The van der Waals surface area contributed by atoms with Crippen LogP contribution in [-0.4, -0.2) is 28.7 Å². The molecule has 0 amide bonds. The maximum absolute atomic E-state index is 10.4. The first kappa shape index (κ1) is 10.5. The van der Waals surface area contributed by atoms with Gasteiger partial charge in [-0.25, -0.2) is 4.99 Å². The van der Waals surface area contributed by atoms with Crippen LogP contribution in [-0.2, 0) is 9.53 Å². The minimum absolute atomic E-state index is 0.171. The Balaban J connectivity index is 2.10. The average molecular weight is 221 g/mol. The van der Waals surface area contributed by atoms with Crippen LogP contribution in [0.3, 0.4) is 0 Å². The zero-order chi connectivity index (χ0) is 11.5. The summed E-state index contributed by atoms with van der Waals surface area (Å²) in [7, 11) is 0. The lowest BCUT2D eigenvalue weighted by Crippen LogP contribution is -2.06. The van der Waals surface area contributed by atoms with Crippen molar-refractivity contribution < 1.29 is 19.7 Å². The van der Waals surface area contributed by atoms with Crippen molar-refractivity contribution in [3.8, 4) is 5.75 Å². The Morgan fingerprint density at radius 2 is 2.12 bits per heavy atom. The van der Waals surface area contributed by atoms with Gasteiger partial charge in [-0.3, -0.25) is 4.79 Å². The van der Waals surface area contributed by atoms with Gasteiger partial charge in [-0.15, -0.1) is 0 Å². The third-order valence-corrected chi connectivity index (χ3v) is 2.29. The average Bonchev–Trinajstić information content (AvgIpc) is 2.66. The number of aromatic hydroxyl groups is 1. The summed E-state index contributed by atoms with van der Waals surface area (Å²) in [6.07, 6.45) is -0.186. The summed E-state index contributed by atoms with van der Waals surface area (Å²) in [5.41, 5.74) is 0.901. The Morgan fingerprint density at radius 1 is 1.44 bits per heavy atom. The molecule has 2 N–H and O–H groups in total. The fourth-order valence-electron chi connectivity index (χ4n) is 1.52. The third kappa shape index (κ3) is 2.31. The fraction of sp³-hybridized carbons (Fsp3) is 0.273. The minimum atomic E-state index is -0.954. The molecule has 5 nitrogen and oxygen atoms in total. The van der Waals surface area contributed by atoms with E-state index >= 15 is 0 Å². The number of carbonyl (C=O) groups is 1. The first-order valence-corrected chi connectivity index (χ1v) is 4.85. The van der Waals surface area contributed by atoms with Gasteiger partial charge in [-0.05, 0) is 17.7 Å². The van der Waals surface area contributed by atoms with Crippen molar-refractivity contribution in [2.45, 2.75) is 12.5 Å². The number of aliphatic carboxylic acids is 1. The van der Waals surface area contributed by atoms with E-state index in [0.717, 1.165) is 5.56 Å². The molecule has 1 aliphatic rings. The van der Waals surface area contributed by atoms with E-state index < -0.39 is 5.97 Å². The molecule has 1 aromatic rings. The summed E-state index contributed by atoms with van der Waals surface area (Å²) in [5.74, 6) is -0.506. The van der Waals surface area contributed by atoms with Crippen LogP contribution >= 0.6 is 0 Å². The summed E-state index contributed by atoms with van der Waals surface area (Å²) in [5, 5.41) is 17.7. The highest BCUT2D eigenvalue weighted by Crippen LogP contribution is 2.25. The molecule has 0 saturated heterocycles. The van der Waals surface area contributed by atoms with Gasteiger partial charge in [0.25, 0.3) is 0 Å². The summed E-state index contributed by atoms with van der Waals surface area (Å²) in [6.45, 7) is 0.355. The fourth-order valence-corrected chi connectivity index (χ4v) is 1.52. The molecule has 1 unspecified atom stereocenters. The van der Waals surface area contributed by atoms with Crippen molar-refractivity contribution >= 4 is 11.9 Å². The molecule has 16 heavy (non-hydrogen) atoms. The molecule has 0 spiro atoms. The number of ether oxygens (including phenoxy) is 1. The third-order valence-electron chi connectivity index (χ3n) is 2.29. The zero-order valence-corrected chi connectivity index (χ0v) is 8.46. The molecule has 0 radical (unpaired) electrons. The summed E-state index contributed by atoms with van der Waals surface area (Å²) in [6, 6.07) is 6.46. The number of phenols is 1. The molecule has 1 atom stereocenters. The highest BCUT2D eigenvalue weighted by molar-refractivity contribution is 5.94. The number of phenolic OH excluding ortho intramolecular Hbond substituents is 1. The van der Waals surface area contributed by atoms with Crippen LogP contribution in [0.1, 0.15) is 18.0 Å². The Morgan fingerprint density at radius 3 is 2.75 bits per heavy atom. The number of nitrogens with zero attached hydrogens (tertiary/aromatic N) is 1. The van der Waals surface area contributed by atoms with Crippen LogP contribution in [0.25, 0.3) is 0 Å². The number of carboxylic acid groups (broad SMARTS) is 1. The largest absolute Gasteiger partial charge is 0.508 e. The normalized spacial score (nSPS) is 19.0. The molecule has 84 valence electrons. The second-order valence-electron chi connectivity index (χ2n) is 3.51. The Hall–Kier alpha value is -2.04. The SMILES string of the molecule is O=C(O)CC1=NC(c2ccc(O)cc2)CO1. The van der Waals surface area contributed by atoms with E-state index in [2.05, 4.69) is 4.99 Å². The summed E-state index contributed by atoms with van der Waals surface area (Å²) in [4.78, 5) is 14.6. The predicted molar refractivity (Wildman–Crippen MR) is 56.5 cm³/mol. The van der Waals surface area contributed by atoms with Crippen molar-refractivity contribution in [2.75, 3.05) is 6.61 Å². The minimum Gasteiger partial charge on any atom is -0.508 e. The lowest BCUT2D eigenvalue weighted by atomic mass is 10.1. The van der Waals surface area contributed by atoms with Crippen molar-refractivity contribution in [3.63, 3.8) is 0 Å². The van der Waals surface area contributed by atoms with Crippen LogP contribution in [0.5, 0.6) is 5.75 Å². The Bertz CT molecular complexity index is 424. The Kier molecular flexibility index (Phi) is 2.76. The molecular weight excluding hydrogens is 210 g/mol. The van der Waals surface area contributed by atoms with Gasteiger partial charge in [0.1, 0.15) is 24.8 Å². The quantitative estimate of drug-likeness (QED) is 0.807. The topological polar surface area (TPSA) is 79.1 Å². The van der Waals surface area contributed by atoms with Crippen molar-refractivity contribution in [1.29, 1.82) is 0 Å². The van der Waals surface area contributed by atoms with Crippen molar-refractivity contribution in [3.05, 3.63) is 29.8 Å². The van der Waals surface area contributed by atoms with Crippen LogP contribution in [0.4, 0.5) is 0 Å². The first-order valence-electron chi connectivity index (χ1n) is 4.85. The molecular formula is C11H11NO4. The lowest BCUT2D eigenvalue weighted by molar-refractivity contribution is -0.135. The lowest BCUT2D eigenvalue weighted by Gasteiger charge is -2.04. The smallest absolute Gasteiger partial charge is 0.312 e. The number of hydrogen-bond donors (Lipinski definition) is 2. The molecule has 2 rings (SSSR count). The van der Waals surface area contributed by atoms with Crippen LogP contribution in [0.2, 0.25) is 0 Å². The predicted octanol–water partition coefficient (Wildman–Crippen LogP) is 1.34. The highest BCUT2D eigenvalue weighted by atomic mass is 16.5. The van der Waals surface area contributed by atoms with Gasteiger partial charge >= 0.3 is 5.97 Å². The maximum Gasteiger partial charge on any atom is 0.312 e. The zero-order valence-electron chi connectivity index (χ0n) is 8.46. The van der Waals surface area contributed by atoms with Gasteiger partial charge in [0.2, 0.25) is 0 Å². The highest BCUT2D eigenvalue weighted by Gasteiger charge is 2.21. The molecule has 1 heterocycles. The second kappa shape index (κ2) is 4.22. The number of aliphatic imine (C=N–C) groups is 1. The number of hydrogen-bond acceptors (Lipinski definition) is 4. The summed E-state index contributed by atoms with van der Waals surface area (Å²) >= 11 is 0. The maximum atomic E-state index is 10.4. The number of rotatable bonds is 3. The molecule has 5 heteroatoms. The van der Waals surface area contributed by atoms with Crippen molar-refractivity contribution in [1.82, 2.24) is 0 Å². The van der Waals surface area contributed by atoms with Gasteiger partial charge in [-0.2, -0.15) is 0 Å². The number of benzene rings is 1. The van der Waals surface area contributed by atoms with E-state index in [1.165, 1.54) is 0 Å². The van der Waals surface area contributed by atoms with Crippen LogP contribution in [0, 0.1) is 0 Å². The molecule has 0 aliphatic carbocycles. The molecule has 1 aromatic carbocycles. The van der Waals surface area contributed by atoms with Gasteiger partial charge in [0.15, 0.2) is 5.90 Å². The van der Waals surface area contributed by atoms with E-state index in [0.29, 0.717) is 6.61 Å². The van der Waals surface area contributed by atoms with E-state index in [-0.39, 0.29) is 24.1 Å². The standard InChI is InChI=1S/C11H11NO4/c13-8-3-1-7(2-4-8)9-6-16-10(12-9)5-11(14)15/h1-4,9,13H,5-6H2,(H,14,15). The van der Waals surface area contributed by atoms with E-state index in [9.17, 15) is 4.79 Å². The van der Waals surface area contributed by atoms with Gasteiger partial charge < -0.3 is 14.9 Å². The molecule has 0 saturated carbocycles. The van der Waals surface area contributed by atoms with E-state index in [1.807, 2.05) is 0 Å². The van der Waals surface area contributed by atoms with E-state index in [4.69, 9.17) is 14.9 Å². The molecule has 0 fully saturated rings. The van der Waals surface area contributed by atoms with Gasteiger partial charge in [-0.1, -0.05) is 12.1 Å². The molecule has 0 bridgehead atoms. The van der Waals surface area contributed by atoms with Crippen LogP contribution in [0.15, 0.2) is 29.3 Å². The first-order chi connectivity index (χ1) is 7.65. The van der Waals surface area contributed by atoms with Gasteiger partial charge in [0, 0.05) is 0 Å². The summed E-state index contributed by atoms with van der Waals surface area (Å²) < 4.78 is 5.17. The molecule has 0 aromatic heterocycles. The van der Waals surface area contributed by atoms with E-state index in [1.54, 1.807) is 24.3 Å². The van der Waals surface area contributed by atoms with Gasteiger partial charge in [0.05, 0.1) is 0 Å². The number of carboxylic acids is 1.